The molecule has 0 aliphatic heterocycles. The van der Waals surface area contributed by atoms with E-state index in [1.807, 2.05) is 10.6 Å². The van der Waals surface area contributed by atoms with Crippen molar-refractivity contribution in [2.24, 2.45) is 0 Å². The van der Waals surface area contributed by atoms with Gasteiger partial charge in [0.15, 0.2) is 0 Å². The Morgan fingerprint density at radius 1 is 1.33 bits per heavy atom. The van der Waals surface area contributed by atoms with Gasteiger partial charge in [-0.05, 0) is 25.0 Å². The highest BCUT2D eigenvalue weighted by molar-refractivity contribution is 5.81. The Bertz CT molecular complexity index is 519. The van der Waals surface area contributed by atoms with Crippen LogP contribution >= 0.6 is 0 Å². The maximum Gasteiger partial charge on any atom is 0.201 e. The highest BCUT2D eigenvalue weighted by Gasteiger charge is 2.08. The summed E-state index contributed by atoms with van der Waals surface area (Å²) in [6, 6.07) is 6.14. The van der Waals surface area contributed by atoms with Crippen LogP contribution in [0.25, 0.3) is 11.0 Å². The highest BCUT2D eigenvalue weighted by atomic mass is 16.5. The number of aromatic nitrogens is 2. The third-order valence-corrected chi connectivity index (χ3v) is 3.11. The first kappa shape index (κ1) is 12.9. The molecule has 0 atom stereocenters. The lowest BCUT2D eigenvalue weighted by Gasteiger charge is -2.07. The van der Waals surface area contributed by atoms with Gasteiger partial charge in [0.1, 0.15) is 0 Å². The van der Waals surface area contributed by atoms with Gasteiger partial charge in [-0.2, -0.15) is 0 Å². The lowest BCUT2D eigenvalue weighted by Crippen LogP contribution is -2.09. The molecule has 2 rings (SSSR count). The number of aryl methyl sites for hydroxylation is 1. The largest absolute Gasteiger partial charge is 0.380 e. The fourth-order valence-electron chi connectivity index (χ4n) is 2.04. The van der Waals surface area contributed by atoms with Gasteiger partial charge in [-0.1, -0.05) is 25.5 Å². The molecule has 0 aliphatic rings. The van der Waals surface area contributed by atoms with Crippen molar-refractivity contribution in [1.82, 2.24) is 9.55 Å². The topological polar surface area (TPSA) is 53.1 Å². The molecule has 1 aromatic heterocycles. The maximum absolute atomic E-state index is 5.96. The second kappa shape index (κ2) is 5.87. The fourth-order valence-corrected chi connectivity index (χ4v) is 2.04. The van der Waals surface area contributed by atoms with Crippen LogP contribution in [0.4, 0.5) is 5.95 Å². The zero-order valence-corrected chi connectivity index (χ0v) is 11.1. The Labute approximate surface area is 108 Å². The number of para-hydroxylation sites is 1. The molecule has 0 spiro atoms. The third kappa shape index (κ3) is 2.64. The van der Waals surface area contributed by atoms with Gasteiger partial charge in [-0.25, -0.2) is 4.98 Å². The van der Waals surface area contributed by atoms with E-state index in [0.717, 1.165) is 42.6 Å². The lowest BCUT2D eigenvalue weighted by molar-refractivity contribution is 0.124. The smallest absolute Gasteiger partial charge is 0.201 e. The van der Waals surface area contributed by atoms with Gasteiger partial charge in [0, 0.05) is 13.2 Å². The molecule has 18 heavy (non-hydrogen) atoms. The number of imidazole rings is 1. The van der Waals surface area contributed by atoms with Gasteiger partial charge in [0.2, 0.25) is 5.95 Å². The van der Waals surface area contributed by atoms with Crippen molar-refractivity contribution in [2.45, 2.75) is 33.2 Å². The van der Waals surface area contributed by atoms with E-state index in [9.17, 15) is 0 Å². The standard InChI is InChI=1S/C14H21N3O/c1-3-4-9-18-10-8-17-12-7-5-6-11(2)13(12)16-14(17)15/h5-7H,3-4,8-10H2,1-2H3,(H2,15,16). The SMILES string of the molecule is CCCCOCCn1c(N)nc2c(C)cccc21. The van der Waals surface area contributed by atoms with E-state index >= 15 is 0 Å². The van der Waals surface area contributed by atoms with Crippen molar-refractivity contribution in [3.05, 3.63) is 23.8 Å². The van der Waals surface area contributed by atoms with Crippen molar-refractivity contribution >= 4 is 17.0 Å². The van der Waals surface area contributed by atoms with Crippen LogP contribution in [0.1, 0.15) is 25.3 Å². The number of ether oxygens (including phenoxy) is 1. The van der Waals surface area contributed by atoms with Gasteiger partial charge in [0.05, 0.1) is 17.6 Å². The van der Waals surface area contributed by atoms with Crippen LogP contribution in [-0.2, 0) is 11.3 Å². The minimum absolute atomic E-state index is 0.568. The molecule has 0 saturated heterocycles. The molecule has 0 saturated carbocycles. The summed E-state index contributed by atoms with van der Waals surface area (Å²) < 4.78 is 7.60. The third-order valence-electron chi connectivity index (χ3n) is 3.11. The van der Waals surface area contributed by atoms with Crippen LogP contribution in [0.5, 0.6) is 0 Å². The molecule has 0 fully saturated rings. The summed E-state index contributed by atoms with van der Waals surface area (Å²) in [5.41, 5.74) is 9.20. The molecule has 0 bridgehead atoms. The van der Waals surface area contributed by atoms with Crippen molar-refractivity contribution in [3.8, 4) is 0 Å². The zero-order chi connectivity index (χ0) is 13.0. The van der Waals surface area contributed by atoms with Crippen molar-refractivity contribution in [3.63, 3.8) is 0 Å². The van der Waals surface area contributed by atoms with Crippen LogP contribution in [0.15, 0.2) is 18.2 Å². The first-order valence-electron chi connectivity index (χ1n) is 6.53. The molecule has 0 unspecified atom stereocenters. The van der Waals surface area contributed by atoms with Crippen LogP contribution in [0.2, 0.25) is 0 Å². The van der Waals surface area contributed by atoms with E-state index in [-0.39, 0.29) is 0 Å². The molecule has 2 N–H and O–H groups in total. The first-order chi connectivity index (χ1) is 8.74. The van der Waals surface area contributed by atoms with Gasteiger partial charge >= 0.3 is 0 Å². The molecule has 1 aromatic carbocycles. The summed E-state index contributed by atoms with van der Waals surface area (Å²) >= 11 is 0. The summed E-state index contributed by atoms with van der Waals surface area (Å²) in [4.78, 5) is 4.41. The second-order valence-corrected chi connectivity index (χ2v) is 4.53. The zero-order valence-electron chi connectivity index (χ0n) is 11.1. The molecule has 0 amide bonds. The number of benzene rings is 1. The number of nitrogens with two attached hydrogens (primary N) is 1. The Morgan fingerprint density at radius 2 is 2.17 bits per heavy atom. The van der Waals surface area contributed by atoms with Gasteiger partial charge in [-0.3, -0.25) is 0 Å². The average Bonchev–Trinajstić information content (AvgIpc) is 2.68. The Balaban J connectivity index is 2.08. The van der Waals surface area contributed by atoms with Crippen LogP contribution in [-0.4, -0.2) is 22.8 Å². The summed E-state index contributed by atoms with van der Waals surface area (Å²) in [7, 11) is 0. The van der Waals surface area contributed by atoms with E-state index in [0.29, 0.717) is 12.6 Å². The highest BCUT2D eigenvalue weighted by Crippen LogP contribution is 2.20. The molecule has 98 valence electrons. The number of nitrogens with zero attached hydrogens (tertiary/aromatic N) is 2. The number of rotatable bonds is 6. The summed E-state index contributed by atoms with van der Waals surface area (Å²) in [6.07, 6.45) is 2.27. The van der Waals surface area contributed by atoms with Crippen molar-refractivity contribution < 1.29 is 4.74 Å². The number of unbranched alkanes of at least 4 members (excludes halogenated alkanes) is 1. The second-order valence-electron chi connectivity index (χ2n) is 4.53. The lowest BCUT2D eigenvalue weighted by atomic mass is 10.2. The van der Waals surface area contributed by atoms with Crippen molar-refractivity contribution in [2.75, 3.05) is 18.9 Å². The van der Waals surface area contributed by atoms with Crippen LogP contribution in [0.3, 0.4) is 0 Å². The average molecular weight is 247 g/mol. The normalized spacial score (nSPS) is 11.2. The van der Waals surface area contributed by atoms with E-state index in [1.54, 1.807) is 0 Å². The van der Waals surface area contributed by atoms with Gasteiger partial charge < -0.3 is 15.0 Å². The first-order valence-corrected chi connectivity index (χ1v) is 6.53. The minimum Gasteiger partial charge on any atom is -0.380 e. The maximum atomic E-state index is 5.96. The Hall–Kier alpha value is -1.55. The number of nitrogen functional groups attached to an aromatic ring is 1. The molecule has 4 heteroatoms. The summed E-state index contributed by atoms with van der Waals surface area (Å²) in [5, 5.41) is 0. The van der Waals surface area contributed by atoms with E-state index in [2.05, 4.69) is 31.0 Å². The molecule has 2 aromatic rings. The minimum atomic E-state index is 0.568. The molecular weight excluding hydrogens is 226 g/mol. The molecule has 1 heterocycles. The van der Waals surface area contributed by atoms with Crippen LogP contribution in [0, 0.1) is 6.92 Å². The van der Waals surface area contributed by atoms with Crippen molar-refractivity contribution in [1.29, 1.82) is 0 Å². The quantitative estimate of drug-likeness (QED) is 0.798. The predicted octanol–water partition coefficient (Wildman–Crippen LogP) is 2.74. The number of hydrogen-bond acceptors (Lipinski definition) is 3. The Morgan fingerprint density at radius 3 is 2.94 bits per heavy atom. The molecular formula is C14H21N3O. The van der Waals surface area contributed by atoms with E-state index < -0.39 is 0 Å². The monoisotopic (exact) mass is 247 g/mol. The fraction of sp³-hybridized carbons (Fsp3) is 0.500. The molecule has 0 aliphatic carbocycles. The Kier molecular flexibility index (Phi) is 4.20. The number of anilines is 1. The summed E-state index contributed by atoms with van der Waals surface area (Å²) in [5.74, 6) is 0.568. The molecule has 0 radical (unpaired) electrons. The van der Waals surface area contributed by atoms with Gasteiger partial charge in [-0.15, -0.1) is 0 Å². The predicted molar refractivity (Wildman–Crippen MR) is 74.6 cm³/mol. The van der Waals surface area contributed by atoms with E-state index in [4.69, 9.17) is 10.5 Å². The number of fused-ring (bicyclic) bond motifs is 1. The van der Waals surface area contributed by atoms with Crippen LogP contribution < -0.4 is 5.73 Å². The van der Waals surface area contributed by atoms with E-state index in [1.165, 1.54) is 0 Å². The summed E-state index contributed by atoms with van der Waals surface area (Å²) in [6.45, 7) is 6.48. The molecule has 4 nitrogen and oxygen atoms in total. The van der Waals surface area contributed by atoms with Gasteiger partial charge in [0.25, 0.3) is 0 Å². The number of hydrogen-bond donors (Lipinski definition) is 1.